The summed E-state index contributed by atoms with van der Waals surface area (Å²) in [5.74, 6) is 0. The van der Waals surface area contributed by atoms with Gasteiger partial charge in [-0.1, -0.05) is 49.0 Å². The number of halogens is 2. The quantitative estimate of drug-likeness (QED) is 0.722. The van der Waals surface area contributed by atoms with Crippen molar-refractivity contribution in [2.45, 2.75) is 39.2 Å². The van der Waals surface area contributed by atoms with Crippen LogP contribution in [-0.4, -0.2) is 6.54 Å². The molecule has 0 aliphatic carbocycles. The topological polar surface area (TPSA) is 16.6 Å². The van der Waals surface area contributed by atoms with Gasteiger partial charge >= 0.3 is 0 Å². The number of quaternary nitrogens is 1. The third-order valence-electron chi connectivity index (χ3n) is 2.64. The van der Waals surface area contributed by atoms with Crippen LogP contribution in [0.1, 0.15) is 38.2 Å². The molecule has 0 unspecified atom stereocenters. The molecule has 0 fully saturated rings. The van der Waals surface area contributed by atoms with E-state index in [1.165, 1.54) is 37.8 Å². The number of unbranched alkanes of at least 4 members (excludes halogenated alkanes) is 3. The summed E-state index contributed by atoms with van der Waals surface area (Å²) in [6.45, 7) is 4.36. The lowest BCUT2D eigenvalue weighted by Crippen LogP contribution is -2.82. The van der Waals surface area contributed by atoms with E-state index in [1.54, 1.807) is 0 Å². The lowest BCUT2D eigenvalue weighted by Gasteiger charge is -2.04. The molecule has 3 heteroatoms. The second-order valence-corrected chi connectivity index (χ2v) is 4.92. The Bertz CT molecular complexity index is 313. The summed E-state index contributed by atoms with van der Waals surface area (Å²) in [7, 11) is 0. The highest BCUT2D eigenvalue weighted by molar-refractivity contribution is 6.35. The summed E-state index contributed by atoms with van der Waals surface area (Å²) in [6.07, 6.45) is 5.26. The van der Waals surface area contributed by atoms with Crippen molar-refractivity contribution < 1.29 is 5.32 Å². The maximum absolute atomic E-state index is 6.09. The van der Waals surface area contributed by atoms with Gasteiger partial charge in [0.05, 0.1) is 11.6 Å². The molecule has 0 aliphatic heterocycles. The van der Waals surface area contributed by atoms with Crippen molar-refractivity contribution in [2.24, 2.45) is 0 Å². The molecule has 0 spiro atoms. The van der Waals surface area contributed by atoms with Gasteiger partial charge in [0.15, 0.2) is 0 Å². The number of rotatable bonds is 7. The van der Waals surface area contributed by atoms with E-state index in [-0.39, 0.29) is 0 Å². The Labute approximate surface area is 108 Å². The van der Waals surface area contributed by atoms with E-state index in [0.29, 0.717) is 5.02 Å². The Kier molecular flexibility index (Phi) is 6.86. The minimum Gasteiger partial charge on any atom is -0.342 e. The lowest BCUT2D eigenvalue weighted by molar-refractivity contribution is -0.670. The Balaban J connectivity index is 2.21. The minimum atomic E-state index is 0.705. The molecular formula is C13H20Cl2N+. The van der Waals surface area contributed by atoms with Crippen molar-refractivity contribution in [2.75, 3.05) is 6.54 Å². The zero-order chi connectivity index (χ0) is 11.8. The van der Waals surface area contributed by atoms with Crippen LogP contribution in [0.2, 0.25) is 10.0 Å². The minimum absolute atomic E-state index is 0.705. The van der Waals surface area contributed by atoms with Crippen molar-refractivity contribution in [3.05, 3.63) is 33.8 Å². The van der Waals surface area contributed by atoms with E-state index in [2.05, 4.69) is 12.2 Å². The smallest absolute Gasteiger partial charge is 0.103 e. The number of benzene rings is 1. The molecule has 0 aliphatic rings. The summed E-state index contributed by atoms with van der Waals surface area (Å²) < 4.78 is 0. The van der Waals surface area contributed by atoms with Crippen LogP contribution in [0, 0.1) is 0 Å². The fourth-order valence-electron chi connectivity index (χ4n) is 1.66. The molecule has 0 aromatic heterocycles. The van der Waals surface area contributed by atoms with Crippen LogP contribution in [0.25, 0.3) is 0 Å². The molecule has 0 saturated carbocycles. The first kappa shape index (κ1) is 13.8. The molecule has 2 N–H and O–H groups in total. The van der Waals surface area contributed by atoms with E-state index < -0.39 is 0 Å². The Hall–Kier alpha value is -0.240. The maximum atomic E-state index is 6.09. The van der Waals surface area contributed by atoms with Gasteiger partial charge in [0.2, 0.25) is 0 Å². The van der Waals surface area contributed by atoms with E-state index in [0.717, 1.165) is 11.6 Å². The Morgan fingerprint density at radius 2 is 1.94 bits per heavy atom. The summed E-state index contributed by atoms with van der Waals surface area (Å²) in [6, 6.07) is 5.71. The van der Waals surface area contributed by atoms with Gasteiger partial charge in [0.1, 0.15) is 6.54 Å². The van der Waals surface area contributed by atoms with Gasteiger partial charge in [0, 0.05) is 10.6 Å². The standard InChI is InChI=1S/C13H19Cl2N/c1-2-3-4-5-8-16-10-11-6-7-12(14)9-13(11)15/h6-7,9,16H,2-5,8,10H2,1H3/p+1. The average Bonchev–Trinajstić information content (AvgIpc) is 2.26. The van der Waals surface area contributed by atoms with Crippen LogP contribution >= 0.6 is 23.2 Å². The fraction of sp³-hybridized carbons (Fsp3) is 0.538. The zero-order valence-electron chi connectivity index (χ0n) is 9.81. The molecule has 0 radical (unpaired) electrons. The van der Waals surface area contributed by atoms with E-state index in [9.17, 15) is 0 Å². The molecule has 1 rings (SSSR count). The Morgan fingerprint density at radius 3 is 2.62 bits per heavy atom. The highest BCUT2D eigenvalue weighted by atomic mass is 35.5. The maximum Gasteiger partial charge on any atom is 0.103 e. The predicted molar refractivity (Wildman–Crippen MR) is 71.1 cm³/mol. The molecule has 0 bridgehead atoms. The largest absolute Gasteiger partial charge is 0.342 e. The number of hydrogen-bond donors (Lipinski definition) is 1. The van der Waals surface area contributed by atoms with Gasteiger partial charge < -0.3 is 5.32 Å². The van der Waals surface area contributed by atoms with Crippen LogP contribution in [0.3, 0.4) is 0 Å². The first-order chi connectivity index (χ1) is 7.74. The van der Waals surface area contributed by atoms with Crippen molar-refractivity contribution >= 4 is 23.2 Å². The van der Waals surface area contributed by atoms with Crippen molar-refractivity contribution in [3.63, 3.8) is 0 Å². The van der Waals surface area contributed by atoms with Crippen LogP contribution in [0.5, 0.6) is 0 Å². The van der Waals surface area contributed by atoms with Crippen molar-refractivity contribution in [3.8, 4) is 0 Å². The third kappa shape index (κ3) is 5.20. The zero-order valence-corrected chi connectivity index (χ0v) is 11.3. The summed E-state index contributed by atoms with van der Waals surface area (Å²) in [5.41, 5.74) is 1.17. The highest BCUT2D eigenvalue weighted by Gasteiger charge is 2.02. The molecule has 16 heavy (non-hydrogen) atoms. The van der Waals surface area contributed by atoms with Gasteiger partial charge in [-0.05, 0) is 25.0 Å². The van der Waals surface area contributed by atoms with E-state index in [1.807, 2.05) is 18.2 Å². The molecule has 0 atom stereocenters. The molecular weight excluding hydrogens is 241 g/mol. The van der Waals surface area contributed by atoms with Gasteiger partial charge in [-0.25, -0.2) is 0 Å². The second-order valence-electron chi connectivity index (χ2n) is 4.08. The van der Waals surface area contributed by atoms with Crippen LogP contribution in [-0.2, 0) is 6.54 Å². The average molecular weight is 261 g/mol. The van der Waals surface area contributed by atoms with E-state index >= 15 is 0 Å². The van der Waals surface area contributed by atoms with Crippen LogP contribution < -0.4 is 5.32 Å². The molecule has 0 amide bonds. The van der Waals surface area contributed by atoms with Gasteiger partial charge in [-0.3, -0.25) is 0 Å². The summed E-state index contributed by atoms with van der Waals surface area (Å²) in [5, 5.41) is 3.79. The monoisotopic (exact) mass is 260 g/mol. The predicted octanol–water partition coefficient (Wildman–Crippen LogP) is 3.64. The molecule has 1 aromatic carbocycles. The second kappa shape index (κ2) is 7.94. The first-order valence-electron chi connectivity index (χ1n) is 5.99. The van der Waals surface area contributed by atoms with Crippen LogP contribution in [0.15, 0.2) is 18.2 Å². The number of hydrogen-bond acceptors (Lipinski definition) is 0. The van der Waals surface area contributed by atoms with Crippen LogP contribution in [0.4, 0.5) is 0 Å². The van der Waals surface area contributed by atoms with Crippen molar-refractivity contribution in [1.82, 2.24) is 0 Å². The molecule has 1 aromatic rings. The first-order valence-corrected chi connectivity index (χ1v) is 6.75. The molecule has 90 valence electrons. The Morgan fingerprint density at radius 1 is 1.12 bits per heavy atom. The number of nitrogens with two attached hydrogens (primary N) is 1. The fourth-order valence-corrected chi connectivity index (χ4v) is 2.15. The molecule has 0 saturated heterocycles. The summed E-state index contributed by atoms with van der Waals surface area (Å²) in [4.78, 5) is 0. The normalized spacial score (nSPS) is 10.7. The van der Waals surface area contributed by atoms with Gasteiger partial charge in [-0.2, -0.15) is 0 Å². The van der Waals surface area contributed by atoms with Gasteiger partial charge in [0.25, 0.3) is 0 Å². The molecule has 0 heterocycles. The van der Waals surface area contributed by atoms with Gasteiger partial charge in [-0.15, -0.1) is 0 Å². The lowest BCUT2D eigenvalue weighted by atomic mass is 10.2. The SMILES string of the molecule is CCCCCC[NH2+]Cc1ccc(Cl)cc1Cl. The third-order valence-corrected chi connectivity index (χ3v) is 3.23. The highest BCUT2D eigenvalue weighted by Crippen LogP contribution is 2.19. The van der Waals surface area contributed by atoms with E-state index in [4.69, 9.17) is 23.2 Å². The molecule has 1 nitrogen and oxygen atoms in total. The van der Waals surface area contributed by atoms with Crippen molar-refractivity contribution in [1.29, 1.82) is 0 Å². The summed E-state index contributed by atoms with van der Waals surface area (Å²) >= 11 is 11.9.